The minimum atomic E-state index is -0.0526. The summed E-state index contributed by atoms with van der Waals surface area (Å²) in [4.78, 5) is 15.2. The third-order valence-electron chi connectivity index (χ3n) is 5.10. The minimum absolute atomic E-state index is 0.00392. The Morgan fingerprint density at radius 1 is 1.07 bits per heavy atom. The molecule has 0 spiro atoms. The van der Waals surface area contributed by atoms with E-state index in [0.717, 1.165) is 29.9 Å². The van der Waals surface area contributed by atoms with Gasteiger partial charge < -0.3 is 23.8 Å². The summed E-state index contributed by atoms with van der Waals surface area (Å²) < 4.78 is 22.1. The molecule has 2 aliphatic heterocycles. The summed E-state index contributed by atoms with van der Waals surface area (Å²) in [5.74, 6) is 2.48. The molecule has 142 valence electrons. The number of carbonyl (C=O) groups is 1. The van der Waals surface area contributed by atoms with Crippen LogP contribution in [0.25, 0.3) is 0 Å². The van der Waals surface area contributed by atoms with Crippen molar-refractivity contribution < 1.29 is 23.7 Å². The zero-order valence-electron chi connectivity index (χ0n) is 15.6. The molecule has 0 aromatic heterocycles. The molecule has 0 aliphatic carbocycles. The average molecular weight is 369 g/mol. The molecule has 0 N–H and O–H groups in total. The molecular weight excluding hydrogens is 346 g/mol. The van der Waals surface area contributed by atoms with Crippen LogP contribution < -0.4 is 18.9 Å². The van der Waals surface area contributed by atoms with E-state index in [-0.39, 0.29) is 11.9 Å². The first-order chi connectivity index (χ1) is 13.2. The number of hydrogen-bond donors (Lipinski definition) is 0. The molecule has 1 unspecified atom stereocenters. The summed E-state index contributed by atoms with van der Waals surface area (Å²) >= 11 is 0. The van der Waals surface area contributed by atoms with Crippen LogP contribution in [0.4, 0.5) is 0 Å². The predicted molar refractivity (Wildman–Crippen MR) is 100.0 cm³/mol. The van der Waals surface area contributed by atoms with Crippen molar-refractivity contribution in [2.24, 2.45) is 0 Å². The van der Waals surface area contributed by atoms with Crippen LogP contribution in [0.1, 0.15) is 34.8 Å². The van der Waals surface area contributed by atoms with Gasteiger partial charge in [-0.25, -0.2) is 0 Å². The van der Waals surface area contributed by atoms with Crippen LogP contribution in [-0.4, -0.2) is 44.8 Å². The molecule has 6 heteroatoms. The van der Waals surface area contributed by atoms with Crippen LogP contribution >= 0.6 is 0 Å². The number of benzene rings is 2. The highest BCUT2D eigenvalue weighted by atomic mass is 16.6. The van der Waals surface area contributed by atoms with Gasteiger partial charge in [0.15, 0.2) is 23.0 Å². The molecule has 27 heavy (non-hydrogen) atoms. The lowest BCUT2D eigenvalue weighted by Gasteiger charge is -2.27. The van der Waals surface area contributed by atoms with Crippen molar-refractivity contribution >= 4 is 5.91 Å². The molecule has 0 bridgehead atoms. The van der Waals surface area contributed by atoms with E-state index >= 15 is 0 Å². The molecule has 0 saturated carbocycles. The van der Waals surface area contributed by atoms with Gasteiger partial charge in [0.1, 0.15) is 13.2 Å². The number of hydrogen-bond acceptors (Lipinski definition) is 5. The zero-order valence-corrected chi connectivity index (χ0v) is 15.6. The van der Waals surface area contributed by atoms with Crippen molar-refractivity contribution in [3.63, 3.8) is 0 Å². The zero-order chi connectivity index (χ0) is 18.8. The van der Waals surface area contributed by atoms with Crippen LogP contribution in [0.3, 0.4) is 0 Å². The van der Waals surface area contributed by atoms with Crippen molar-refractivity contribution in [1.29, 1.82) is 0 Å². The van der Waals surface area contributed by atoms with Gasteiger partial charge in [0, 0.05) is 6.54 Å². The fourth-order valence-corrected chi connectivity index (χ4v) is 3.83. The SMILES string of the molecule is COc1cccc(C(=O)N2CCCC2c2ccc3c(c2)OCCO3)c1OC. The summed E-state index contributed by atoms with van der Waals surface area (Å²) in [7, 11) is 3.12. The van der Waals surface area contributed by atoms with E-state index in [0.29, 0.717) is 36.8 Å². The van der Waals surface area contributed by atoms with E-state index in [2.05, 4.69) is 0 Å². The Morgan fingerprint density at radius 3 is 2.67 bits per heavy atom. The van der Waals surface area contributed by atoms with E-state index in [1.165, 1.54) is 0 Å². The third kappa shape index (κ3) is 3.16. The van der Waals surface area contributed by atoms with Gasteiger partial charge in [-0.05, 0) is 42.7 Å². The number of nitrogens with zero attached hydrogens (tertiary/aromatic N) is 1. The molecule has 2 heterocycles. The Balaban J connectivity index is 1.65. The lowest BCUT2D eigenvalue weighted by atomic mass is 10.0. The van der Waals surface area contributed by atoms with E-state index in [1.54, 1.807) is 26.4 Å². The molecule has 6 nitrogen and oxygen atoms in total. The molecule has 1 fully saturated rings. The van der Waals surface area contributed by atoms with E-state index in [9.17, 15) is 4.79 Å². The van der Waals surface area contributed by atoms with Gasteiger partial charge in [-0.2, -0.15) is 0 Å². The Labute approximate surface area is 158 Å². The first-order valence-electron chi connectivity index (χ1n) is 9.14. The maximum absolute atomic E-state index is 13.3. The van der Waals surface area contributed by atoms with Crippen LogP contribution in [0.5, 0.6) is 23.0 Å². The predicted octanol–water partition coefficient (Wildman–Crippen LogP) is 3.45. The topological polar surface area (TPSA) is 57.2 Å². The average Bonchev–Trinajstić information content (AvgIpc) is 3.22. The van der Waals surface area contributed by atoms with Crippen molar-refractivity contribution in [1.82, 2.24) is 4.90 Å². The molecular formula is C21H23NO5. The van der Waals surface area contributed by atoms with Crippen LogP contribution in [-0.2, 0) is 0 Å². The second kappa shape index (κ2) is 7.39. The van der Waals surface area contributed by atoms with Crippen LogP contribution in [0.2, 0.25) is 0 Å². The largest absolute Gasteiger partial charge is 0.493 e. The molecule has 1 amide bonds. The van der Waals surface area contributed by atoms with Gasteiger partial charge in [-0.1, -0.05) is 12.1 Å². The molecule has 1 saturated heterocycles. The molecule has 2 aromatic carbocycles. The summed E-state index contributed by atoms with van der Waals surface area (Å²) in [5, 5.41) is 0. The second-order valence-electron chi connectivity index (χ2n) is 6.60. The smallest absolute Gasteiger partial charge is 0.258 e. The number of para-hydroxylation sites is 1. The van der Waals surface area contributed by atoms with Crippen LogP contribution in [0.15, 0.2) is 36.4 Å². The normalized spacial score (nSPS) is 18.3. The van der Waals surface area contributed by atoms with Crippen molar-refractivity contribution in [3.05, 3.63) is 47.5 Å². The Kier molecular flexibility index (Phi) is 4.79. The summed E-state index contributed by atoms with van der Waals surface area (Å²) in [6.45, 7) is 1.82. The molecule has 0 radical (unpaired) electrons. The van der Waals surface area contributed by atoms with Crippen molar-refractivity contribution in [2.45, 2.75) is 18.9 Å². The number of amides is 1. The number of carbonyl (C=O) groups excluding carboxylic acids is 1. The molecule has 4 rings (SSSR count). The Hall–Kier alpha value is -2.89. The monoisotopic (exact) mass is 369 g/mol. The lowest BCUT2D eigenvalue weighted by Crippen LogP contribution is -2.31. The van der Waals surface area contributed by atoms with Gasteiger partial charge in [0.05, 0.1) is 25.8 Å². The van der Waals surface area contributed by atoms with Crippen LogP contribution in [0, 0.1) is 0 Å². The highest BCUT2D eigenvalue weighted by Gasteiger charge is 2.33. The van der Waals surface area contributed by atoms with E-state index < -0.39 is 0 Å². The van der Waals surface area contributed by atoms with Gasteiger partial charge >= 0.3 is 0 Å². The number of likely N-dealkylation sites (tertiary alicyclic amines) is 1. The van der Waals surface area contributed by atoms with Gasteiger partial charge in [-0.3, -0.25) is 4.79 Å². The third-order valence-corrected chi connectivity index (χ3v) is 5.10. The lowest BCUT2D eigenvalue weighted by molar-refractivity contribution is 0.0731. The Bertz CT molecular complexity index is 850. The molecule has 2 aromatic rings. The standard InChI is InChI=1S/C21H23NO5/c1-24-18-7-3-5-15(20(18)25-2)21(23)22-10-4-6-16(22)14-8-9-17-19(13-14)27-12-11-26-17/h3,5,7-9,13,16H,4,6,10-12H2,1-2H3. The summed E-state index contributed by atoms with van der Waals surface area (Å²) in [6, 6.07) is 11.3. The maximum atomic E-state index is 13.3. The number of methoxy groups -OCH3 is 2. The Morgan fingerprint density at radius 2 is 1.89 bits per heavy atom. The highest BCUT2D eigenvalue weighted by molar-refractivity contribution is 5.98. The van der Waals surface area contributed by atoms with Gasteiger partial charge in [0.2, 0.25) is 0 Å². The first kappa shape index (κ1) is 17.5. The highest BCUT2D eigenvalue weighted by Crippen LogP contribution is 2.40. The first-order valence-corrected chi connectivity index (χ1v) is 9.14. The molecule has 2 aliphatic rings. The number of rotatable bonds is 4. The van der Waals surface area contributed by atoms with Crippen molar-refractivity contribution in [2.75, 3.05) is 34.0 Å². The fourth-order valence-electron chi connectivity index (χ4n) is 3.83. The summed E-state index contributed by atoms with van der Waals surface area (Å²) in [6.07, 6.45) is 1.87. The minimum Gasteiger partial charge on any atom is -0.493 e. The summed E-state index contributed by atoms with van der Waals surface area (Å²) in [5.41, 5.74) is 1.58. The van der Waals surface area contributed by atoms with E-state index in [4.69, 9.17) is 18.9 Å². The van der Waals surface area contributed by atoms with Crippen molar-refractivity contribution in [3.8, 4) is 23.0 Å². The quantitative estimate of drug-likeness (QED) is 0.826. The number of ether oxygens (including phenoxy) is 4. The van der Waals surface area contributed by atoms with Gasteiger partial charge in [-0.15, -0.1) is 0 Å². The van der Waals surface area contributed by atoms with E-state index in [1.807, 2.05) is 29.2 Å². The maximum Gasteiger partial charge on any atom is 0.258 e. The molecule has 1 atom stereocenters. The fraction of sp³-hybridized carbons (Fsp3) is 0.381. The van der Waals surface area contributed by atoms with Gasteiger partial charge in [0.25, 0.3) is 5.91 Å². The second-order valence-corrected chi connectivity index (χ2v) is 6.60. The number of fused-ring (bicyclic) bond motifs is 1.